The van der Waals surface area contributed by atoms with E-state index in [1.165, 1.54) is 6.42 Å². The van der Waals surface area contributed by atoms with Gasteiger partial charge in [-0.2, -0.15) is 0 Å². The predicted molar refractivity (Wildman–Crippen MR) is 76.6 cm³/mol. The molecule has 104 valence electrons. The van der Waals surface area contributed by atoms with E-state index in [2.05, 4.69) is 12.2 Å². The average Bonchev–Trinajstić information content (AvgIpc) is 2.41. The molecule has 1 N–H and O–H groups in total. The lowest BCUT2D eigenvalue weighted by Gasteiger charge is -2.30. The van der Waals surface area contributed by atoms with Crippen LogP contribution in [-0.2, 0) is 0 Å². The van der Waals surface area contributed by atoms with Crippen molar-refractivity contribution in [2.24, 2.45) is 5.92 Å². The third-order valence-corrected chi connectivity index (χ3v) is 3.36. The molecule has 0 spiro atoms. The van der Waals surface area contributed by atoms with Crippen LogP contribution < -0.4 is 10.1 Å². The Labute approximate surface area is 114 Å². The summed E-state index contributed by atoms with van der Waals surface area (Å²) in [7, 11) is 0. The van der Waals surface area contributed by atoms with Gasteiger partial charge in [-0.25, -0.2) is 4.79 Å². The molecule has 1 aliphatic rings. The van der Waals surface area contributed by atoms with Gasteiger partial charge in [0.25, 0.3) is 0 Å². The highest BCUT2D eigenvalue weighted by molar-refractivity contribution is 5.89. The summed E-state index contributed by atoms with van der Waals surface area (Å²) in [5.74, 6) is 1.42. The lowest BCUT2D eigenvalue weighted by molar-refractivity contribution is 0.182. The van der Waals surface area contributed by atoms with Crippen molar-refractivity contribution in [2.45, 2.75) is 26.7 Å². The van der Waals surface area contributed by atoms with E-state index in [0.717, 1.165) is 30.9 Å². The number of urea groups is 1. The van der Waals surface area contributed by atoms with Gasteiger partial charge in [0.1, 0.15) is 5.75 Å². The van der Waals surface area contributed by atoms with Gasteiger partial charge in [-0.1, -0.05) is 6.92 Å². The fourth-order valence-corrected chi connectivity index (χ4v) is 2.38. The Morgan fingerprint density at radius 1 is 1.42 bits per heavy atom. The number of carbonyl (C=O) groups excluding carboxylic acids is 1. The molecule has 0 unspecified atom stereocenters. The maximum Gasteiger partial charge on any atom is 0.321 e. The zero-order valence-corrected chi connectivity index (χ0v) is 11.7. The van der Waals surface area contributed by atoms with Crippen molar-refractivity contribution in [3.05, 3.63) is 24.3 Å². The number of hydrogen-bond acceptors (Lipinski definition) is 2. The van der Waals surface area contributed by atoms with Crippen LogP contribution in [0.1, 0.15) is 26.7 Å². The van der Waals surface area contributed by atoms with Gasteiger partial charge in [0.05, 0.1) is 6.61 Å². The number of carbonyl (C=O) groups is 1. The van der Waals surface area contributed by atoms with Crippen molar-refractivity contribution in [2.75, 3.05) is 25.0 Å². The molecule has 4 nitrogen and oxygen atoms in total. The van der Waals surface area contributed by atoms with Gasteiger partial charge in [-0.05, 0) is 49.9 Å². The van der Waals surface area contributed by atoms with Crippen molar-refractivity contribution in [3.8, 4) is 5.75 Å². The summed E-state index contributed by atoms with van der Waals surface area (Å²) in [6.45, 7) is 6.50. The second-order valence-corrected chi connectivity index (χ2v) is 5.08. The summed E-state index contributed by atoms with van der Waals surface area (Å²) in [5.41, 5.74) is 0.812. The monoisotopic (exact) mass is 262 g/mol. The van der Waals surface area contributed by atoms with Gasteiger partial charge in [0.15, 0.2) is 0 Å². The standard InChI is InChI=1S/C15H22N2O2/c1-3-19-14-8-6-13(7-9-14)16-15(18)17-10-4-5-12(2)11-17/h6-9,12H,3-5,10-11H2,1-2H3,(H,16,18)/t12-/m0/s1. The minimum Gasteiger partial charge on any atom is -0.494 e. The van der Waals surface area contributed by atoms with Gasteiger partial charge < -0.3 is 15.0 Å². The fraction of sp³-hybridized carbons (Fsp3) is 0.533. The van der Waals surface area contributed by atoms with Crippen molar-refractivity contribution in [1.82, 2.24) is 4.90 Å². The first kappa shape index (κ1) is 13.7. The third-order valence-electron chi connectivity index (χ3n) is 3.36. The summed E-state index contributed by atoms with van der Waals surface area (Å²) in [5, 5.41) is 2.93. The molecule has 2 rings (SSSR count). The smallest absolute Gasteiger partial charge is 0.321 e. The molecule has 2 amide bonds. The third kappa shape index (κ3) is 3.88. The van der Waals surface area contributed by atoms with Crippen LogP contribution in [0.15, 0.2) is 24.3 Å². The number of ether oxygens (including phenoxy) is 1. The second-order valence-electron chi connectivity index (χ2n) is 5.08. The van der Waals surface area contributed by atoms with Crippen LogP contribution in [0.5, 0.6) is 5.75 Å². The number of likely N-dealkylation sites (tertiary alicyclic amines) is 1. The topological polar surface area (TPSA) is 41.6 Å². The second kappa shape index (κ2) is 6.45. The zero-order valence-electron chi connectivity index (χ0n) is 11.7. The summed E-state index contributed by atoms with van der Waals surface area (Å²) in [4.78, 5) is 14.0. The molecule has 1 saturated heterocycles. The van der Waals surface area contributed by atoms with Crippen molar-refractivity contribution in [1.29, 1.82) is 0 Å². The number of hydrogen-bond donors (Lipinski definition) is 1. The largest absolute Gasteiger partial charge is 0.494 e. The number of piperidine rings is 1. The molecule has 0 bridgehead atoms. The summed E-state index contributed by atoms with van der Waals surface area (Å²) in [6.07, 6.45) is 2.31. The van der Waals surface area contributed by atoms with Crippen LogP contribution in [0.25, 0.3) is 0 Å². The molecule has 1 aromatic rings. The fourth-order valence-electron chi connectivity index (χ4n) is 2.38. The average molecular weight is 262 g/mol. The minimum atomic E-state index is -0.00397. The molecular weight excluding hydrogens is 240 g/mol. The van der Waals surface area contributed by atoms with Crippen molar-refractivity contribution >= 4 is 11.7 Å². The normalized spacial score (nSPS) is 19.1. The molecule has 0 aliphatic carbocycles. The van der Waals surface area contributed by atoms with E-state index >= 15 is 0 Å². The highest BCUT2D eigenvalue weighted by Crippen LogP contribution is 2.19. The molecule has 0 saturated carbocycles. The molecule has 1 heterocycles. The first-order chi connectivity index (χ1) is 9.19. The van der Waals surface area contributed by atoms with Gasteiger partial charge >= 0.3 is 6.03 Å². The maximum absolute atomic E-state index is 12.1. The van der Waals surface area contributed by atoms with Crippen LogP contribution in [0, 0.1) is 5.92 Å². The summed E-state index contributed by atoms with van der Waals surface area (Å²) in [6, 6.07) is 7.48. The summed E-state index contributed by atoms with van der Waals surface area (Å²) >= 11 is 0. The molecule has 0 aromatic heterocycles. The Balaban J connectivity index is 1.90. The maximum atomic E-state index is 12.1. The molecule has 1 aliphatic heterocycles. The van der Waals surface area contributed by atoms with Crippen LogP contribution >= 0.6 is 0 Å². The Bertz CT molecular complexity index is 417. The summed E-state index contributed by atoms with van der Waals surface area (Å²) < 4.78 is 5.37. The number of benzene rings is 1. The molecule has 1 fully saturated rings. The Morgan fingerprint density at radius 2 is 2.16 bits per heavy atom. The molecule has 1 aromatic carbocycles. The number of anilines is 1. The van der Waals surface area contributed by atoms with E-state index in [-0.39, 0.29) is 6.03 Å². The van der Waals surface area contributed by atoms with Crippen LogP contribution in [0.3, 0.4) is 0 Å². The quantitative estimate of drug-likeness (QED) is 0.907. The van der Waals surface area contributed by atoms with E-state index in [1.807, 2.05) is 36.1 Å². The van der Waals surface area contributed by atoms with Crippen LogP contribution in [-0.4, -0.2) is 30.6 Å². The van der Waals surface area contributed by atoms with E-state index in [0.29, 0.717) is 12.5 Å². The van der Waals surface area contributed by atoms with Crippen molar-refractivity contribution < 1.29 is 9.53 Å². The molecule has 4 heteroatoms. The van der Waals surface area contributed by atoms with Gasteiger partial charge in [0, 0.05) is 18.8 Å². The Hall–Kier alpha value is -1.71. The molecule has 0 radical (unpaired) electrons. The van der Waals surface area contributed by atoms with Gasteiger partial charge in [-0.3, -0.25) is 0 Å². The number of nitrogens with zero attached hydrogens (tertiary/aromatic N) is 1. The lowest BCUT2D eigenvalue weighted by Crippen LogP contribution is -2.41. The van der Waals surface area contributed by atoms with Crippen molar-refractivity contribution in [3.63, 3.8) is 0 Å². The van der Waals surface area contributed by atoms with E-state index in [4.69, 9.17) is 4.74 Å². The first-order valence-electron chi connectivity index (χ1n) is 6.98. The Kier molecular flexibility index (Phi) is 4.66. The van der Waals surface area contributed by atoms with Gasteiger partial charge in [-0.15, -0.1) is 0 Å². The van der Waals surface area contributed by atoms with Crippen LogP contribution in [0.4, 0.5) is 10.5 Å². The lowest BCUT2D eigenvalue weighted by atomic mass is 10.0. The molecular formula is C15H22N2O2. The predicted octanol–water partition coefficient (Wildman–Crippen LogP) is 3.35. The highest BCUT2D eigenvalue weighted by Gasteiger charge is 2.20. The van der Waals surface area contributed by atoms with Gasteiger partial charge in [0.2, 0.25) is 0 Å². The minimum absolute atomic E-state index is 0.00397. The number of nitrogens with one attached hydrogen (secondary N) is 1. The SMILES string of the molecule is CCOc1ccc(NC(=O)N2CCC[C@H](C)C2)cc1. The molecule has 19 heavy (non-hydrogen) atoms. The number of amides is 2. The first-order valence-corrected chi connectivity index (χ1v) is 6.98. The van der Waals surface area contributed by atoms with E-state index < -0.39 is 0 Å². The highest BCUT2D eigenvalue weighted by atomic mass is 16.5. The van der Waals surface area contributed by atoms with E-state index in [9.17, 15) is 4.79 Å². The van der Waals surface area contributed by atoms with Crippen LogP contribution in [0.2, 0.25) is 0 Å². The van der Waals surface area contributed by atoms with E-state index in [1.54, 1.807) is 0 Å². The molecule has 1 atom stereocenters. The Morgan fingerprint density at radius 3 is 2.79 bits per heavy atom. The zero-order chi connectivity index (χ0) is 13.7. The number of rotatable bonds is 3.